The van der Waals surface area contributed by atoms with Gasteiger partial charge in [0.1, 0.15) is 12.2 Å². The van der Waals surface area contributed by atoms with E-state index < -0.39 is 0 Å². The molecule has 0 radical (unpaired) electrons. The molecule has 3 nitrogen and oxygen atoms in total. The molecule has 0 unspecified atom stereocenters. The van der Waals surface area contributed by atoms with E-state index in [1.165, 1.54) is 0 Å². The number of rotatable bonds is 1. The minimum atomic E-state index is -0.199. The smallest absolute Gasteiger partial charge is 0.135 e. The molecule has 0 aromatic heterocycles. The van der Waals surface area contributed by atoms with Gasteiger partial charge in [0, 0.05) is 15.6 Å². The Morgan fingerprint density at radius 3 is 2.94 bits per heavy atom. The van der Waals surface area contributed by atoms with E-state index in [4.69, 9.17) is 32.8 Å². The Balaban J connectivity index is 1.95. The number of hydrogen-bond donors (Lipinski definition) is 0. The molecule has 2 aliphatic rings. The molecule has 90 valence electrons. The third-order valence-electron chi connectivity index (χ3n) is 3.23. The number of fused-ring (bicyclic) bond motifs is 1. The normalized spacial score (nSPS) is 31.0. The molecule has 0 bridgehead atoms. The molecule has 0 spiro atoms. The SMILES string of the molecule is C[C@@H]1ON=C2[C@@H](c3ccc(Cl)cc3Cl)OC[C@@H]21. The molecule has 2 aliphatic heterocycles. The summed E-state index contributed by atoms with van der Waals surface area (Å²) in [4.78, 5) is 5.27. The number of oxime groups is 1. The summed E-state index contributed by atoms with van der Waals surface area (Å²) in [5, 5.41) is 5.32. The van der Waals surface area contributed by atoms with Crippen molar-refractivity contribution in [1.82, 2.24) is 0 Å². The number of nitrogens with zero attached hydrogens (tertiary/aromatic N) is 1. The first kappa shape index (κ1) is 11.3. The van der Waals surface area contributed by atoms with Crippen LogP contribution < -0.4 is 0 Å². The average molecular weight is 272 g/mol. The van der Waals surface area contributed by atoms with Crippen LogP contribution in [0, 0.1) is 5.92 Å². The molecule has 0 N–H and O–H groups in total. The highest BCUT2D eigenvalue weighted by Crippen LogP contribution is 2.39. The number of benzene rings is 1. The maximum absolute atomic E-state index is 6.18. The van der Waals surface area contributed by atoms with Crippen LogP contribution in [0.5, 0.6) is 0 Å². The first-order chi connectivity index (χ1) is 8.16. The summed E-state index contributed by atoms with van der Waals surface area (Å²) in [6.45, 7) is 2.62. The van der Waals surface area contributed by atoms with E-state index in [-0.39, 0.29) is 18.1 Å². The van der Waals surface area contributed by atoms with Crippen LogP contribution in [0.2, 0.25) is 10.0 Å². The Morgan fingerprint density at radius 1 is 1.35 bits per heavy atom. The first-order valence-corrected chi connectivity index (χ1v) is 6.22. The van der Waals surface area contributed by atoms with E-state index in [1.54, 1.807) is 12.1 Å². The van der Waals surface area contributed by atoms with Gasteiger partial charge in [0.15, 0.2) is 0 Å². The van der Waals surface area contributed by atoms with Crippen molar-refractivity contribution in [1.29, 1.82) is 0 Å². The van der Waals surface area contributed by atoms with Gasteiger partial charge in [-0.15, -0.1) is 0 Å². The van der Waals surface area contributed by atoms with Gasteiger partial charge in [-0.05, 0) is 19.1 Å². The molecule has 5 heteroatoms. The van der Waals surface area contributed by atoms with Crippen LogP contribution in [0.15, 0.2) is 23.4 Å². The minimum absolute atomic E-state index is 0.0843. The minimum Gasteiger partial charge on any atom is -0.392 e. The molecular weight excluding hydrogens is 261 g/mol. The molecule has 1 aromatic rings. The summed E-state index contributed by atoms with van der Waals surface area (Å²) >= 11 is 12.1. The third kappa shape index (κ3) is 1.82. The predicted octanol–water partition coefficient (Wildman–Crippen LogP) is 3.46. The summed E-state index contributed by atoms with van der Waals surface area (Å²) in [7, 11) is 0. The Kier molecular flexibility index (Phi) is 2.77. The second kappa shape index (κ2) is 4.16. The lowest BCUT2D eigenvalue weighted by Gasteiger charge is -2.11. The van der Waals surface area contributed by atoms with Crippen molar-refractivity contribution < 1.29 is 9.57 Å². The molecule has 17 heavy (non-hydrogen) atoms. The van der Waals surface area contributed by atoms with Gasteiger partial charge in [-0.2, -0.15) is 0 Å². The molecule has 1 fully saturated rings. The summed E-state index contributed by atoms with van der Waals surface area (Å²) in [5.74, 6) is 0.242. The van der Waals surface area contributed by atoms with E-state index in [9.17, 15) is 0 Å². The quantitative estimate of drug-likeness (QED) is 0.783. The van der Waals surface area contributed by atoms with E-state index in [0.717, 1.165) is 11.3 Å². The number of halogens is 2. The Bertz CT molecular complexity index is 489. The van der Waals surface area contributed by atoms with Gasteiger partial charge in [-0.3, -0.25) is 0 Å². The molecular formula is C12H11Cl2NO2. The van der Waals surface area contributed by atoms with Crippen molar-refractivity contribution in [2.75, 3.05) is 6.61 Å². The fourth-order valence-electron chi connectivity index (χ4n) is 2.24. The van der Waals surface area contributed by atoms with Crippen LogP contribution in [0.25, 0.3) is 0 Å². The molecule has 3 rings (SSSR count). The zero-order chi connectivity index (χ0) is 12.0. The van der Waals surface area contributed by atoms with Crippen LogP contribution >= 0.6 is 23.2 Å². The Morgan fingerprint density at radius 2 is 2.18 bits per heavy atom. The van der Waals surface area contributed by atoms with E-state index in [0.29, 0.717) is 16.7 Å². The lowest BCUT2D eigenvalue weighted by atomic mass is 9.95. The molecule has 3 atom stereocenters. The predicted molar refractivity (Wildman–Crippen MR) is 66.6 cm³/mol. The summed E-state index contributed by atoms with van der Waals surface area (Å²) in [6, 6.07) is 5.40. The summed E-state index contributed by atoms with van der Waals surface area (Å²) in [5.41, 5.74) is 1.83. The highest BCUT2D eigenvalue weighted by Gasteiger charge is 2.43. The number of ether oxygens (including phenoxy) is 1. The molecule has 0 amide bonds. The van der Waals surface area contributed by atoms with E-state index in [2.05, 4.69) is 5.16 Å². The molecule has 0 aliphatic carbocycles. The van der Waals surface area contributed by atoms with Gasteiger partial charge in [0.2, 0.25) is 0 Å². The van der Waals surface area contributed by atoms with Crippen molar-refractivity contribution in [3.63, 3.8) is 0 Å². The largest absolute Gasteiger partial charge is 0.392 e. The topological polar surface area (TPSA) is 30.8 Å². The standard InChI is InChI=1S/C12H11Cl2NO2/c1-6-9-5-16-12(11(9)15-17-6)8-3-2-7(13)4-10(8)14/h2-4,6,9,12H,5H2,1H3/t6-,9+,12+/m0/s1. The van der Waals surface area contributed by atoms with Crippen LogP contribution in [0.3, 0.4) is 0 Å². The second-order valence-electron chi connectivity index (χ2n) is 4.31. The van der Waals surface area contributed by atoms with Gasteiger partial charge in [-0.1, -0.05) is 34.4 Å². The summed E-state index contributed by atoms with van der Waals surface area (Å²) in [6.07, 6.45) is -0.115. The highest BCUT2D eigenvalue weighted by atomic mass is 35.5. The average Bonchev–Trinajstić information content (AvgIpc) is 2.83. The fraction of sp³-hybridized carbons (Fsp3) is 0.417. The fourth-order valence-corrected chi connectivity index (χ4v) is 2.74. The first-order valence-electron chi connectivity index (χ1n) is 5.47. The molecule has 1 aromatic carbocycles. The van der Waals surface area contributed by atoms with Crippen molar-refractivity contribution >= 4 is 28.9 Å². The second-order valence-corrected chi connectivity index (χ2v) is 5.16. The van der Waals surface area contributed by atoms with Crippen molar-refractivity contribution in [3.8, 4) is 0 Å². The van der Waals surface area contributed by atoms with Crippen LogP contribution in [0.4, 0.5) is 0 Å². The van der Waals surface area contributed by atoms with Crippen LogP contribution in [0.1, 0.15) is 18.6 Å². The molecule has 1 saturated heterocycles. The zero-order valence-corrected chi connectivity index (χ0v) is 10.7. The Labute approximate surface area is 109 Å². The summed E-state index contributed by atoms with van der Waals surface area (Å²) < 4.78 is 5.76. The highest BCUT2D eigenvalue weighted by molar-refractivity contribution is 6.35. The van der Waals surface area contributed by atoms with Crippen molar-refractivity contribution in [2.24, 2.45) is 11.1 Å². The third-order valence-corrected chi connectivity index (χ3v) is 3.79. The van der Waals surface area contributed by atoms with Gasteiger partial charge >= 0.3 is 0 Å². The lowest BCUT2D eigenvalue weighted by Crippen LogP contribution is -2.19. The molecule has 0 saturated carbocycles. The number of hydrogen-bond acceptors (Lipinski definition) is 3. The van der Waals surface area contributed by atoms with Crippen LogP contribution in [-0.4, -0.2) is 18.4 Å². The zero-order valence-electron chi connectivity index (χ0n) is 9.19. The van der Waals surface area contributed by atoms with Crippen molar-refractivity contribution in [2.45, 2.75) is 19.1 Å². The lowest BCUT2D eigenvalue weighted by molar-refractivity contribution is 0.0351. The van der Waals surface area contributed by atoms with Gasteiger partial charge < -0.3 is 9.57 Å². The Hall–Kier alpha value is -0.770. The maximum atomic E-state index is 6.18. The van der Waals surface area contributed by atoms with Crippen molar-refractivity contribution in [3.05, 3.63) is 33.8 Å². The van der Waals surface area contributed by atoms with Gasteiger partial charge in [0.05, 0.1) is 18.2 Å². The van der Waals surface area contributed by atoms with Gasteiger partial charge in [-0.25, -0.2) is 0 Å². The van der Waals surface area contributed by atoms with E-state index in [1.807, 2.05) is 13.0 Å². The van der Waals surface area contributed by atoms with Gasteiger partial charge in [0.25, 0.3) is 0 Å². The maximum Gasteiger partial charge on any atom is 0.135 e. The monoisotopic (exact) mass is 271 g/mol. The van der Waals surface area contributed by atoms with Crippen LogP contribution in [-0.2, 0) is 9.57 Å². The molecule has 2 heterocycles. The van der Waals surface area contributed by atoms with E-state index >= 15 is 0 Å².